The first-order chi connectivity index (χ1) is 9.55. The lowest BCUT2D eigenvalue weighted by Crippen LogP contribution is -2.04. The molecule has 0 atom stereocenters. The van der Waals surface area contributed by atoms with E-state index in [1.54, 1.807) is 20.2 Å². The number of benzene rings is 1. The number of nitrogens with zero attached hydrogens (tertiary/aromatic N) is 2. The molecule has 1 heterocycles. The second-order valence-corrected chi connectivity index (χ2v) is 5.71. The molecule has 0 saturated carbocycles. The van der Waals surface area contributed by atoms with Crippen LogP contribution in [0.3, 0.4) is 0 Å². The predicted molar refractivity (Wildman–Crippen MR) is 83.1 cm³/mol. The molecule has 1 aromatic heterocycles. The summed E-state index contributed by atoms with van der Waals surface area (Å²) in [7, 11) is 3.35. The third kappa shape index (κ3) is 3.34. The van der Waals surface area contributed by atoms with Gasteiger partial charge in [0.25, 0.3) is 0 Å². The molecule has 0 unspecified atom stereocenters. The standard InChI is InChI=1S/C13H12Br2FN3O/c1-17-13-11(15)10(6-20-2)18-12(19-13)7-3-8(14)5-9(16)4-7/h3-5H,6H2,1-2H3,(H,17,18,19). The molecule has 0 aliphatic carbocycles. The summed E-state index contributed by atoms with van der Waals surface area (Å²) in [6.45, 7) is 0.335. The summed E-state index contributed by atoms with van der Waals surface area (Å²) in [6, 6.07) is 4.55. The van der Waals surface area contributed by atoms with Gasteiger partial charge in [-0.2, -0.15) is 0 Å². The summed E-state index contributed by atoms with van der Waals surface area (Å²) < 4.78 is 20.0. The zero-order valence-corrected chi connectivity index (χ0v) is 14.0. The molecule has 0 amide bonds. The highest BCUT2D eigenvalue weighted by Crippen LogP contribution is 2.29. The highest BCUT2D eigenvalue weighted by molar-refractivity contribution is 9.11. The Kier molecular flexibility index (Phi) is 5.06. The van der Waals surface area contributed by atoms with Crippen LogP contribution in [-0.4, -0.2) is 24.1 Å². The second kappa shape index (κ2) is 6.60. The fourth-order valence-electron chi connectivity index (χ4n) is 1.70. The Bertz CT molecular complexity index is 617. The van der Waals surface area contributed by atoms with Crippen molar-refractivity contribution >= 4 is 37.7 Å². The molecule has 20 heavy (non-hydrogen) atoms. The van der Waals surface area contributed by atoms with Crippen LogP contribution in [0.2, 0.25) is 0 Å². The molecule has 1 aromatic carbocycles. The smallest absolute Gasteiger partial charge is 0.162 e. The molecule has 0 aliphatic rings. The van der Waals surface area contributed by atoms with E-state index in [0.717, 1.165) is 4.47 Å². The van der Waals surface area contributed by atoms with Crippen molar-refractivity contribution in [2.75, 3.05) is 19.5 Å². The van der Waals surface area contributed by atoms with Crippen molar-refractivity contribution in [3.63, 3.8) is 0 Å². The molecule has 0 saturated heterocycles. The van der Waals surface area contributed by atoms with Crippen molar-refractivity contribution in [3.05, 3.63) is 38.7 Å². The molecule has 7 heteroatoms. The van der Waals surface area contributed by atoms with Gasteiger partial charge in [-0.25, -0.2) is 14.4 Å². The monoisotopic (exact) mass is 403 g/mol. The summed E-state index contributed by atoms with van der Waals surface area (Å²) in [5, 5.41) is 2.97. The van der Waals surface area contributed by atoms with Gasteiger partial charge in [0.1, 0.15) is 11.6 Å². The third-order valence-corrected chi connectivity index (χ3v) is 3.85. The third-order valence-electron chi connectivity index (χ3n) is 2.56. The molecule has 106 valence electrons. The van der Waals surface area contributed by atoms with Gasteiger partial charge in [0.05, 0.1) is 16.8 Å². The lowest BCUT2D eigenvalue weighted by atomic mass is 10.2. The number of nitrogens with one attached hydrogen (secondary N) is 1. The molecular formula is C13H12Br2FN3O. The van der Waals surface area contributed by atoms with Gasteiger partial charge in [-0.3, -0.25) is 0 Å². The Morgan fingerprint density at radius 1 is 1.25 bits per heavy atom. The Labute approximate surface area is 133 Å². The maximum Gasteiger partial charge on any atom is 0.162 e. The molecule has 0 spiro atoms. The molecular weight excluding hydrogens is 393 g/mol. The minimum atomic E-state index is -0.347. The zero-order chi connectivity index (χ0) is 14.7. The normalized spacial score (nSPS) is 10.7. The summed E-state index contributed by atoms with van der Waals surface area (Å²) in [5.41, 5.74) is 1.29. The lowest BCUT2D eigenvalue weighted by molar-refractivity contribution is 0.181. The van der Waals surface area contributed by atoms with E-state index in [1.165, 1.54) is 12.1 Å². The first kappa shape index (κ1) is 15.3. The van der Waals surface area contributed by atoms with E-state index in [4.69, 9.17) is 4.74 Å². The number of rotatable bonds is 4. The summed E-state index contributed by atoms with van der Waals surface area (Å²) in [5.74, 6) is 0.715. The Hall–Kier alpha value is -1.05. The molecule has 4 nitrogen and oxygen atoms in total. The lowest BCUT2D eigenvalue weighted by Gasteiger charge is -2.11. The largest absolute Gasteiger partial charge is 0.378 e. The van der Waals surface area contributed by atoms with E-state index in [-0.39, 0.29) is 5.82 Å². The summed E-state index contributed by atoms with van der Waals surface area (Å²) in [4.78, 5) is 8.79. The second-order valence-electron chi connectivity index (χ2n) is 4.00. The van der Waals surface area contributed by atoms with Crippen LogP contribution in [-0.2, 0) is 11.3 Å². The van der Waals surface area contributed by atoms with Gasteiger partial charge >= 0.3 is 0 Å². The quantitative estimate of drug-likeness (QED) is 0.836. The van der Waals surface area contributed by atoms with Gasteiger partial charge in [0.15, 0.2) is 5.82 Å². The first-order valence-corrected chi connectivity index (χ1v) is 7.33. The van der Waals surface area contributed by atoms with Crippen LogP contribution in [0.15, 0.2) is 27.1 Å². The SMILES string of the molecule is CNc1nc(-c2cc(F)cc(Br)c2)nc(COC)c1Br. The van der Waals surface area contributed by atoms with Gasteiger partial charge in [0.2, 0.25) is 0 Å². The van der Waals surface area contributed by atoms with Crippen LogP contribution in [0, 0.1) is 5.82 Å². The molecule has 2 aromatic rings. The van der Waals surface area contributed by atoms with E-state index in [9.17, 15) is 4.39 Å². The minimum absolute atomic E-state index is 0.335. The van der Waals surface area contributed by atoms with Crippen molar-refractivity contribution in [2.45, 2.75) is 6.61 Å². The fraction of sp³-hybridized carbons (Fsp3) is 0.231. The molecule has 2 rings (SSSR count). The van der Waals surface area contributed by atoms with Gasteiger partial charge in [-0.05, 0) is 34.1 Å². The van der Waals surface area contributed by atoms with Crippen LogP contribution >= 0.6 is 31.9 Å². The van der Waals surface area contributed by atoms with Crippen LogP contribution < -0.4 is 5.32 Å². The number of hydrogen-bond acceptors (Lipinski definition) is 4. The number of methoxy groups -OCH3 is 1. The number of ether oxygens (including phenoxy) is 1. The van der Waals surface area contributed by atoms with E-state index in [1.807, 2.05) is 0 Å². The first-order valence-electron chi connectivity index (χ1n) is 5.74. The topological polar surface area (TPSA) is 47.0 Å². The number of hydrogen-bond donors (Lipinski definition) is 1. The maximum atomic E-state index is 13.5. The van der Waals surface area contributed by atoms with Crippen LogP contribution in [0.25, 0.3) is 11.4 Å². The predicted octanol–water partition coefficient (Wildman–Crippen LogP) is 4.00. The van der Waals surface area contributed by atoms with Crippen molar-refractivity contribution in [2.24, 2.45) is 0 Å². The number of anilines is 1. The van der Waals surface area contributed by atoms with Gasteiger partial charge in [0, 0.05) is 24.2 Å². The minimum Gasteiger partial charge on any atom is -0.378 e. The number of halogens is 3. The van der Waals surface area contributed by atoms with Crippen LogP contribution in [0.5, 0.6) is 0 Å². The van der Waals surface area contributed by atoms with E-state index in [2.05, 4.69) is 47.1 Å². The van der Waals surface area contributed by atoms with Crippen molar-refractivity contribution in [1.82, 2.24) is 9.97 Å². The summed E-state index contributed by atoms with van der Waals surface area (Å²) >= 11 is 6.69. The number of aromatic nitrogens is 2. The van der Waals surface area contributed by atoms with E-state index in [0.29, 0.717) is 34.0 Å². The summed E-state index contributed by atoms with van der Waals surface area (Å²) in [6.07, 6.45) is 0. The van der Waals surface area contributed by atoms with Crippen LogP contribution in [0.1, 0.15) is 5.69 Å². The van der Waals surface area contributed by atoms with Crippen molar-refractivity contribution in [1.29, 1.82) is 0 Å². The molecule has 0 radical (unpaired) electrons. The van der Waals surface area contributed by atoms with Gasteiger partial charge in [-0.15, -0.1) is 0 Å². The Balaban J connectivity index is 2.58. The van der Waals surface area contributed by atoms with E-state index < -0.39 is 0 Å². The Morgan fingerprint density at radius 2 is 2.00 bits per heavy atom. The average Bonchev–Trinajstić information content (AvgIpc) is 2.40. The van der Waals surface area contributed by atoms with E-state index >= 15 is 0 Å². The molecule has 0 bridgehead atoms. The van der Waals surface area contributed by atoms with Crippen LogP contribution in [0.4, 0.5) is 10.2 Å². The van der Waals surface area contributed by atoms with Gasteiger partial charge in [-0.1, -0.05) is 15.9 Å². The molecule has 0 aliphatic heterocycles. The fourth-order valence-corrected chi connectivity index (χ4v) is 2.66. The molecule has 1 N–H and O–H groups in total. The Morgan fingerprint density at radius 3 is 2.60 bits per heavy atom. The molecule has 0 fully saturated rings. The van der Waals surface area contributed by atoms with Gasteiger partial charge < -0.3 is 10.1 Å². The zero-order valence-electron chi connectivity index (χ0n) is 10.9. The van der Waals surface area contributed by atoms with Crippen molar-refractivity contribution < 1.29 is 9.13 Å². The average molecular weight is 405 g/mol. The maximum absolute atomic E-state index is 13.5. The highest BCUT2D eigenvalue weighted by Gasteiger charge is 2.13. The van der Waals surface area contributed by atoms with Crippen molar-refractivity contribution in [3.8, 4) is 11.4 Å². The highest BCUT2D eigenvalue weighted by atomic mass is 79.9.